The lowest BCUT2D eigenvalue weighted by molar-refractivity contribution is -0.134. The first-order valence-electron chi connectivity index (χ1n) is 9.01. The second-order valence-electron chi connectivity index (χ2n) is 7.97. The predicted molar refractivity (Wildman–Crippen MR) is 83.1 cm³/mol. The highest BCUT2D eigenvalue weighted by molar-refractivity contribution is 5.92. The van der Waals surface area contributed by atoms with Gasteiger partial charge in [0, 0.05) is 24.2 Å². The lowest BCUT2D eigenvalue weighted by Gasteiger charge is -2.53. The number of Topliss-reactive ketones (excluding diaryl/α,β-unsaturated/α-hetero) is 1. The molecule has 4 rings (SSSR count). The Kier molecular flexibility index (Phi) is 3.34. The van der Waals surface area contributed by atoms with Gasteiger partial charge in [0.25, 0.3) is 0 Å². The highest BCUT2D eigenvalue weighted by atomic mass is 16.3. The van der Waals surface area contributed by atoms with E-state index in [-0.39, 0.29) is 17.1 Å². The minimum absolute atomic E-state index is 0.0577. The van der Waals surface area contributed by atoms with Gasteiger partial charge in [-0.05, 0) is 62.4 Å². The van der Waals surface area contributed by atoms with Crippen molar-refractivity contribution in [1.82, 2.24) is 0 Å². The zero-order valence-electron chi connectivity index (χ0n) is 13.4. The monoisotopic (exact) mass is 302 g/mol. The van der Waals surface area contributed by atoms with Gasteiger partial charge in [-0.1, -0.05) is 12.5 Å². The number of aliphatic hydroxyl groups excluding tert-OH is 1. The minimum Gasteiger partial charge on any atom is -0.392 e. The van der Waals surface area contributed by atoms with Crippen LogP contribution in [0.1, 0.15) is 58.3 Å². The number of fused-ring (bicyclic) bond motifs is 5. The average Bonchev–Trinajstić information content (AvgIpc) is 2.84. The first-order valence-corrected chi connectivity index (χ1v) is 9.01. The molecule has 0 saturated heterocycles. The van der Waals surface area contributed by atoms with Crippen LogP contribution >= 0.6 is 0 Å². The number of rotatable bonds is 1. The van der Waals surface area contributed by atoms with Gasteiger partial charge in [-0.3, -0.25) is 9.59 Å². The van der Waals surface area contributed by atoms with Gasteiger partial charge >= 0.3 is 0 Å². The number of aliphatic hydroxyl groups is 1. The lowest BCUT2D eigenvalue weighted by Crippen LogP contribution is -2.50. The molecule has 4 aliphatic carbocycles. The third kappa shape index (κ3) is 1.84. The lowest BCUT2D eigenvalue weighted by atomic mass is 9.51. The molecule has 120 valence electrons. The normalized spacial score (nSPS) is 47.5. The molecule has 3 saturated carbocycles. The summed E-state index contributed by atoms with van der Waals surface area (Å²) < 4.78 is 0. The summed E-state index contributed by atoms with van der Waals surface area (Å²) in [6, 6.07) is 0. The highest BCUT2D eigenvalue weighted by Crippen LogP contribution is 2.61. The van der Waals surface area contributed by atoms with Crippen molar-refractivity contribution in [1.29, 1.82) is 0 Å². The molecule has 0 aromatic heterocycles. The van der Waals surface area contributed by atoms with Crippen LogP contribution < -0.4 is 0 Å². The van der Waals surface area contributed by atoms with Crippen LogP contribution in [-0.2, 0) is 9.59 Å². The third-order valence-corrected chi connectivity index (χ3v) is 7.40. The molecule has 6 atom stereocenters. The van der Waals surface area contributed by atoms with Gasteiger partial charge in [0.15, 0.2) is 5.78 Å². The van der Waals surface area contributed by atoms with E-state index in [4.69, 9.17) is 0 Å². The topological polar surface area (TPSA) is 54.4 Å². The first kappa shape index (κ1) is 14.6. The van der Waals surface area contributed by atoms with Gasteiger partial charge in [0.05, 0.1) is 6.10 Å². The summed E-state index contributed by atoms with van der Waals surface area (Å²) in [6.07, 6.45) is 8.50. The average molecular weight is 302 g/mol. The molecule has 1 N–H and O–H groups in total. The molecular weight excluding hydrogens is 276 g/mol. The van der Waals surface area contributed by atoms with Crippen molar-refractivity contribution in [3.05, 3.63) is 11.6 Å². The Morgan fingerprint density at radius 1 is 1.18 bits per heavy atom. The summed E-state index contributed by atoms with van der Waals surface area (Å²) >= 11 is 0. The fraction of sp³-hybridized carbons (Fsp3) is 0.789. The van der Waals surface area contributed by atoms with E-state index in [9.17, 15) is 14.7 Å². The maximum Gasteiger partial charge on any atom is 0.158 e. The van der Waals surface area contributed by atoms with E-state index in [1.165, 1.54) is 5.57 Å². The van der Waals surface area contributed by atoms with Crippen LogP contribution in [0.5, 0.6) is 0 Å². The van der Waals surface area contributed by atoms with Crippen molar-refractivity contribution >= 4 is 11.6 Å². The zero-order chi connectivity index (χ0) is 15.5. The maximum atomic E-state index is 12.5. The van der Waals surface area contributed by atoms with Crippen molar-refractivity contribution in [3.8, 4) is 0 Å². The van der Waals surface area contributed by atoms with Gasteiger partial charge < -0.3 is 5.11 Å². The SMILES string of the molecule is CC[C@]12CC[C@H]3[C@@H](CCC4=CC(=O)C[C@H](O)[C@@H]43)[C@@H]1CCC2=O. The highest BCUT2D eigenvalue weighted by Gasteiger charge is 2.58. The Hall–Kier alpha value is -0.960. The second kappa shape index (κ2) is 5.02. The van der Waals surface area contributed by atoms with Crippen molar-refractivity contribution in [3.63, 3.8) is 0 Å². The molecule has 0 aromatic carbocycles. The molecule has 0 spiro atoms. The molecule has 0 heterocycles. The van der Waals surface area contributed by atoms with E-state index < -0.39 is 6.10 Å². The van der Waals surface area contributed by atoms with Crippen molar-refractivity contribution < 1.29 is 14.7 Å². The Labute approximate surface area is 132 Å². The second-order valence-corrected chi connectivity index (χ2v) is 7.97. The van der Waals surface area contributed by atoms with Crippen LogP contribution in [-0.4, -0.2) is 22.8 Å². The summed E-state index contributed by atoms with van der Waals surface area (Å²) in [5, 5.41) is 10.5. The Bertz CT molecular complexity index is 549. The van der Waals surface area contributed by atoms with Gasteiger partial charge in [-0.2, -0.15) is 0 Å². The molecule has 0 aromatic rings. The zero-order valence-corrected chi connectivity index (χ0v) is 13.4. The van der Waals surface area contributed by atoms with Gasteiger partial charge in [-0.25, -0.2) is 0 Å². The fourth-order valence-electron chi connectivity index (χ4n) is 6.48. The first-order chi connectivity index (χ1) is 10.6. The van der Waals surface area contributed by atoms with Gasteiger partial charge in [0.1, 0.15) is 5.78 Å². The van der Waals surface area contributed by atoms with E-state index in [1.807, 2.05) is 6.08 Å². The molecular formula is C19H26O3. The predicted octanol–water partition coefficient (Wildman–Crippen LogP) is 3.06. The van der Waals surface area contributed by atoms with E-state index in [2.05, 4.69) is 6.92 Å². The Morgan fingerprint density at radius 2 is 2.00 bits per heavy atom. The summed E-state index contributed by atoms with van der Waals surface area (Å²) in [6.45, 7) is 2.18. The van der Waals surface area contributed by atoms with Gasteiger partial charge in [-0.15, -0.1) is 0 Å². The molecule has 0 amide bonds. The van der Waals surface area contributed by atoms with E-state index in [1.54, 1.807) is 0 Å². The number of ketones is 2. The summed E-state index contributed by atoms with van der Waals surface area (Å²) in [4.78, 5) is 24.3. The summed E-state index contributed by atoms with van der Waals surface area (Å²) in [7, 11) is 0. The van der Waals surface area contributed by atoms with Crippen LogP contribution in [0.3, 0.4) is 0 Å². The van der Waals surface area contributed by atoms with Crippen LogP contribution in [0, 0.1) is 29.1 Å². The number of carbonyl (C=O) groups is 2. The van der Waals surface area contributed by atoms with Crippen molar-refractivity contribution in [2.75, 3.05) is 0 Å². The Morgan fingerprint density at radius 3 is 2.77 bits per heavy atom. The molecule has 22 heavy (non-hydrogen) atoms. The largest absolute Gasteiger partial charge is 0.392 e. The molecule has 3 nitrogen and oxygen atoms in total. The molecule has 4 aliphatic rings. The number of hydrogen-bond donors (Lipinski definition) is 1. The Balaban J connectivity index is 1.68. The summed E-state index contributed by atoms with van der Waals surface area (Å²) in [5.41, 5.74) is 1.14. The quantitative estimate of drug-likeness (QED) is 0.810. The van der Waals surface area contributed by atoms with E-state index in [0.717, 1.165) is 44.9 Å². The molecule has 0 bridgehead atoms. The van der Waals surface area contributed by atoms with Crippen LogP contribution in [0.4, 0.5) is 0 Å². The fourth-order valence-corrected chi connectivity index (χ4v) is 6.48. The third-order valence-electron chi connectivity index (χ3n) is 7.40. The van der Waals surface area contributed by atoms with Crippen molar-refractivity contribution in [2.45, 2.75) is 64.4 Å². The van der Waals surface area contributed by atoms with Gasteiger partial charge in [0.2, 0.25) is 0 Å². The van der Waals surface area contributed by atoms with Crippen LogP contribution in [0.2, 0.25) is 0 Å². The molecule has 3 fully saturated rings. The molecule has 3 heteroatoms. The molecule has 0 unspecified atom stereocenters. The van der Waals surface area contributed by atoms with Crippen LogP contribution in [0.15, 0.2) is 11.6 Å². The number of carbonyl (C=O) groups excluding carboxylic acids is 2. The number of hydrogen-bond acceptors (Lipinski definition) is 3. The van der Waals surface area contributed by atoms with Crippen molar-refractivity contribution in [2.24, 2.45) is 29.1 Å². The minimum atomic E-state index is -0.494. The van der Waals surface area contributed by atoms with E-state index >= 15 is 0 Å². The molecule has 0 radical (unpaired) electrons. The summed E-state index contributed by atoms with van der Waals surface area (Å²) in [5.74, 6) is 2.35. The maximum absolute atomic E-state index is 12.5. The smallest absolute Gasteiger partial charge is 0.158 e. The van der Waals surface area contributed by atoms with Crippen LogP contribution in [0.25, 0.3) is 0 Å². The molecule has 0 aliphatic heterocycles. The standard InChI is InChI=1S/C19H26O3/c1-2-19-8-7-14-13(15(19)5-6-17(19)22)4-3-11-9-12(20)10-16(21)18(11)14/h9,13-16,18,21H,2-8,10H2,1H3/t13-,14+,15+,16+,18+,19+/m1/s1. The van der Waals surface area contributed by atoms with E-state index in [0.29, 0.717) is 30.0 Å².